The second kappa shape index (κ2) is 5.89. The monoisotopic (exact) mass is 351 g/mol. The zero-order valence-electron chi connectivity index (χ0n) is 12.8. The average Bonchev–Trinajstić information content (AvgIpc) is 3.09. The van der Waals surface area contributed by atoms with Crippen LogP contribution in [0.5, 0.6) is 0 Å². The van der Waals surface area contributed by atoms with Gasteiger partial charge in [-0.1, -0.05) is 60.4 Å². The standard InChI is InChI=1S/C18H13N3OS2/c1-20-17(22)14(24-18(20)23)11-13-16(12-7-3-2-4-8-12)19-15-9-5-6-10-21(13)15/h2-11H,1H3/b14-11+. The Kier molecular flexibility index (Phi) is 3.70. The van der Waals surface area contributed by atoms with Crippen molar-refractivity contribution in [1.29, 1.82) is 0 Å². The van der Waals surface area contributed by atoms with Gasteiger partial charge in [-0.25, -0.2) is 4.98 Å². The number of pyridine rings is 1. The molecule has 0 radical (unpaired) electrons. The van der Waals surface area contributed by atoms with Gasteiger partial charge in [0, 0.05) is 18.8 Å². The molecule has 24 heavy (non-hydrogen) atoms. The average molecular weight is 351 g/mol. The van der Waals surface area contributed by atoms with E-state index in [1.807, 2.05) is 65.2 Å². The van der Waals surface area contributed by atoms with Gasteiger partial charge in [-0.2, -0.15) is 0 Å². The van der Waals surface area contributed by atoms with Crippen molar-refractivity contribution in [1.82, 2.24) is 14.3 Å². The van der Waals surface area contributed by atoms with E-state index in [-0.39, 0.29) is 5.91 Å². The smallest absolute Gasteiger partial charge is 0.265 e. The van der Waals surface area contributed by atoms with Crippen LogP contribution in [0, 0.1) is 0 Å². The first-order chi connectivity index (χ1) is 11.6. The van der Waals surface area contributed by atoms with Crippen LogP contribution in [-0.2, 0) is 4.79 Å². The zero-order chi connectivity index (χ0) is 16.7. The predicted molar refractivity (Wildman–Crippen MR) is 102 cm³/mol. The number of likely N-dealkylation sites (N-methyl/N-ethyl adjacent to an activating group) is 1. The van der Waals surface area contributed by atoms with Crippen LogP contribution < -0.4 is 0 Å². The van der Waals surface area contributed by atoms with Crippen LogP contribution in [-0.4, -0.2) is 31.6 Å². The van der Waals surface area contributed by atoms with Crippen molar-refractivity contribution in [3.63, 3.8) is 0 Å². The summed E-state index contributed by atoms with van der Waals surface area (Å²) in [5.74, 6) is -0.0742. The Morgan fingerprint density at radius 3 is 2.58 bits per heavy atom. The molecule has 0 N–H and O–H groups in total. The van der Waals surface area contributed by atoms with E-state index in [0.717, 1.165) is 22.6 Å². The van der Waals surface area contributed by atoms with E-state index < -0.39 is 0 Å². The highest BCUT2D eigenvalue weighted by atomic mass is 32.2. The number of carbonyl (C=O) groups excluding carboxylic acids is 1. The second-order valence-electron chi connectivity index (χ2n) is 5.38. The highest BCUT2D eigenvalue weighted by Crippen LogP contribution is 2.34. The Balaban J connectivity index is 1.94. The lowest BCUT2D eigenvalue weighted by Gasteiger charge is -2.04. The first-order valence-corrected chi connectivity index (χ1v) is 8.62. The number of carbonyl (C=O) groups is 1. The van der Waals surface area contributed by atoms with Crippen LogP contribution in [0.25, 0.3) is 23.0 Å². The maximum Gasteiger partial charge on any atom is 0.265 e. The summed E-state index contributed by atoms with van der Waals surface area (Å²) in [6, 6.07) is 15.8. The molecule has 3 heterocycles. The van der Waals surface area contributed by atoms with E-state index >= 15 is 0 Å². The fourth-order valence-electron chi connectivity index (χ4n) is 2.63. The van der Waals surface area contributed by atoms with E-state index in [0.29, 0.717) is 9.23 Å². The number of amides is 1. The number of hydrogen-bond acceptors (Lipinski definition) is 4. The first-order valence-electron chi connectivity index (χ1n) is 7.39. The number of aromatic nitrogens is 2. The predicted octanol–water partition coefficient (Wildman–Crippen LogP) is 3.83. The lowest BCUT2D eigenvalue weighted by molar-refractivity contribution is -0.121. The molecule has 0 atom stereocenters. The third-order valence-corrected chi connectivity index (χ3v) is 5.35. The number of imidazole rings is 1. The molecule has 1 fully saturated rings. The van der Waals surface area contributed by atoms with Crippen LogP contribution in [0.2, 0.25) is 0 Å². The van der Waals surface area contributed by atoms with E-state index in [1.54, 1.807) is 7.05 Å². The van der Waals surface area contributed by atoms with Gasteiger partial charge < -0.3 is 0 Å². The molecule has 118 valence electrons. The second-order valence-corrected chi connectivity index (χ2v) is 7.06. The molecule has 1 aliphatic heterocycles. The number of rotatable bonds is 2. The van der Waals surface area contributed by atoms with Crippen molar-refractivity contribution in [2.45, 2.75) is 0 Å². The van der Waals surface area contributed by atoms with Crippen LogP contribution in [0.15, 0.2) is 59.6 Å². The van der Waals surface area contributed by atoms with Crippen molar-refractivity contribution in [2.75, 3.05) is 7.05 Å². The van der Waals surface area contributed by atoms with Gasteiger partial charge in [-0.05, 0) is 18.2 Å². The summed E-state index contributed by atoms with van der Waals surface area (Å²) in [4.78, 5) is 19.2. The molecule has 0 saturated carbocycles. The summed E-state index contributed by atoms with van der Waals surface area (Å²) < 4.78 is 2.56. The van der Waals surface area contributed by atoms with Gasteiger partial charge in [-0.3, -0.25) is 14.1 Å². The van der Waals surface area contributed by atoms with E-state index in [1.165, 1.54) is 16.7 Å². The van der Waals surface area contributed by atoms with Gasteiger partial charge in [0.05, 0.1) is 16.3 Å². The highest BCUT2D eigenvalue weighted by molar-refractivity contribution is 8.26. The van der Waals surface area contributed by atoms with Crippen molar-refractivity contribution < 1.29 is 4.79 Å². The molecule has 6 heteroatoms. The molecule has 2 aromatic heterocycles. The van der Waals surface area contributed by atoms with Gasteiger partial charge in [0.1, 0.15) is 9.97 Å². The maximum atomic E-state index is 12.3. The fourth-order valence-corrected chi connectivity index (χ4v) is 3.79. The third kappa shape index (κ3) is 2.44. The Labute approximate surface area is 148 Å². The minimum Gasteiger partial charge on any atom is -0.300 e. The molecular weight excluding hydrogens is 338 g/mol. The molecule has 4 nitrogen and oxygen atoms in total. The van der Waals surface area contributed by atoms with E-state index in [9.17, 15) is 4.79 Å². The molecule has 1 aromatic carbocycles. The third-order valence-electron chi connectivity index (χ3n) is 3.87. The van der Waals surface area contributed by atoms with Crippen molar-refractivity contribution in [3.8, 4) is 11.3 Å². The number of fused-ring (bicyclic) bond motifs is 1. The maximum absolute atomic E-state index is 12.3. The molecule has 1 saturated heterocycles. The Morgan fingerprint density at radius 2 is 1.88 bits per heavy atom. The van der Waals surface area contributed by atoms with Crippen LogP contribution >= 0.6 is 24.0 Å². The Morgan fingerprint density at radius 1 is 1.12 bits per heavy atom. The summed E-state index contributed by atoms with van der Waals surface area (Å²) in [6.45, 7) is 0. The number of nitrogens with zero attached hydrogens (tertiary/aromatic N) is 3. The first kappa shape index (κ1) is 15.1. The van der Waals surface area contributed by atoms with Gasteiger partial charge in [0.2, 0.25) is 0 Å². The van der Waals surface area contributed by atoms with Crippen molar-refractivity contribution >= 4 is 45.9 Å². The van der Waals surface area contributed by atoms with E-state index in [2.05, 4.69) is 0 Å². The Hall–Kier alpha value is -2.44. The zero-order valence-corrected chi connectivity index (χ0v) is 14.5. The van der Waals surface area contributed by atoms with Gasteiger partial charge in [0.15, 0.2) is 0 Å². The number of hydrogen-bond donors (Lipinski definition) is 0. The quantitative estimate of drug-likeness (QED) is 0.519. The highest BCUT2D eigenvalue weighted by Gasteiger charge is 2.29. The van der Waals surface area contributed by atoms with Crippen LogP contribution in [0.1, 0.15) is 5.69 Å². The fraction of sp³-hybridized carbons (Fsp3) is 0.0556. The molecule has 0 unspecified atom stereocenters. The van der Waals surface area contributed by atoms with Gasteiger partial charge in [0.25, 0.3) is 5.91 Å². The molecular formula is C18H13N3OS2. The van der Waals surface area contributed by atoms with Crippen LogP contribution in [0.4, 0.5) is 0 Å². The molecule has 0 bridgehead atoms. The molecule has 3 aromatic rings. The molecule has 4 rings (SSSR count). The number of benzene rings is 1. The Bertz CT molecular complexity index is 992. The van der Waals surface area contributed by atoms with Crippen LogP contribution in [0.3, 0.4) is 0 Å². The lowest BCUT2D eigenvalue weighted by Crippen LogP contribution is -2.22. The summed E-state index contributed by atoms with van der Waals surface area (Å²) in [6.07, 6.45) is 3.83. The summed E-state index contributed by atoms with van der Waals surface area (Å²) in [5.41, 5.74) is 3.59. The number of thiocarbonyl (C=S) groups is 1. The van der Waals surface area contributed by atoms with E-state index in [4.69, 9.17) is 17.2 Å². The lowest BCUT2D eigenvalue weighted by atomic mass is 10.1. The van der Waals surface area contributed by atoms with Crippen molar-refractivity contribution in [3.05, 3.63) is 65.3 Å². The minimum atomic E-state index is -0.0742. The summed E-state index contributed by atoms with van der Waals surface area (Å²) in [7, 11) is 1.70. The largest absolute Gasteiger partial charge is 0.300 e. The minimum absolute atomic E-state index is 0.0742. The molecule has 0 aliphatic carbocycles. The SMILES string of the molecule is CN1C(=O)/C(=C\c2c(-c3ccccc3)nc3ccccn23)SC1=S. The number of thioether (sulfide) groups is 1. The topological polar surface area (TPSA) is 37.6 Å². The van der Waals surface area contributed by atoms with Gasteiger partial charge in [-0.15, -0.1) is 0 Å². The summed E-state index contributed by atoms with van der Waals surface area (Å²) >= 11 is 6.54. The normalized spacial score (nSPS) is 16.5. The molecule has 1 amide bonds. The molecule has 0 spiro atoms. The molecule has 1 aliphatic rings. The van der Waals surface area contributed by atoms with Gasteiger partial charge >= 0.3 is 0 Å². The van der Waals surface area contributed by atoms with Crippen molar-refractivity contribution in [2.24, 2.45) is 0 Å². The summed E-state index contributed by atoms with van der Waals surface area (Å²) in [5, 5.41) is 0.